The largest absolute Gasteiger partial charge is 0.444 e. The van der Waals surface area contributed by atoms with Gasteiger partial charge in [0.2, 0.25) is 17.6 Å². The molecule has 14 heteroatoms. The number of carbonyl (C=O) groups is 4. The van der Waals surface area contributed by atoms with Crippen molar-refractivity contribution in [3.05, 3.63) is 78.4 Å². The number of aromatic amines is 1. The van der Waals surface area contributed by atoms with Crippen LogP contribution < -0.4 is 20.9 Å². The topological polar surface area (TPSA) is 181 Å². The molecule has 4 aromatic rings. The highest BCUT2D eigenvalue weighted by Gasteiger charge is 2.30. The van der Waals surface area contributed by atoms with Gasteiger partial charge in [0.15, 0.2) is 0 Å². The van der Waals surface area contributed by atoms with Crippen LogP contribution in [0.2, 0.25) is 0 Å². The predicted octanol–water partition coefficient (Wildman–Crippen LogP) is 4.89. The van der Waals surface area contributed by atoms with Crippen LogP contribution >= 0.6 is 0 Å². The Morgan fingerprint density at radius 3 is 2.21 bits per heavy atom. The Morgan fingerprint density at radius 1 is 0.925 bits per heavy atom. The van der Waals surface area contributed by atoms with Gasteiger partial charge in [0, 0.05) is 42.4 Å². The van der Waals surface area contributed by atoms with Gasteiger partial charge in [0.25, 0.3) is 5.91 Å². The first kappa shape index (κ1) is 37.1. The number of hydrogen-bond acceptors (Lipinski definition) is 9. The molecule has 1 aliphatic carbocycles. The van der Waals surface area contributed by atoms with E-state index in [1.54, 1.807) is 29.2 Å². The molecule has 0 unspecified atom stereocenters. The van der Waals surface area contributed by atoms with Crippen LogP contribution in [0.3, 0.4) is 0 Å². The van der Waals surface area contributed by atoms with Crippen LogP contribution in [-0.2, 0) is 30.3 Å². The van der Waals surface area contributed by atoms with E-state index in [9.17, 15) is 19.2 Å². The van der Waals surface area contributed by atoms with E-state index in [4.69, 9.17) is 9.47 Å². The Kier molecular flexibility index (Phi) is 11.8. The second-order valence-corrected chi connectivity index (χ2v) is 14.5. The van der Waals surface area contributed by atoms with E-state index < -0.39 is 17.7 Å². The second kappa shape index (κ2) is 16.8. The van der Waals surface area contributed by atoms with Crippen LogP contribution in [0.1, 0.15) is 52.0 Å². The number of anilines is 2. The van der Waals surface area contributed by atoms with E-state index in [0.29, 0.717) is 44.0 Å². The zero-order valence-electron chi connectivity index (χ0n) is 30.3. The molecule has 0 radical (unpaired) electrons. The normalized spacial score (nSPS) is 18.2. The molecule has 4 amide bonds. The molecule has 1 aliphatic heterocycles. The van der Waals surface area contributed by atoms with Gasteiger partial charge in [-0.25, -0.2) is 4.79 Å². The summed E-state index contributed by atoms with van der Waals surface area (Å²) in [4.78, 5) is 53.5. The Balaban J connectivity index is 1.10. The number of nitrogens with one attached hydrogen (secondary N) is 4. The van der Waals surface area contributed by atoms with Crippen molar-refractivity contribution in [2.24, 2.45) is 11.8 Å². The summed E-state index contributed by atoms with van der Waals surface area (Å²) in [6.45, 7) is 7.10. The Bertz CT molecular complexity index is 1850. The van der Waals surface area contributed by atoms with Crippen molar-refractivity contribution in [1.29, 1.82) is 0 Å². The molecule has 1 saturated heterocycles. The third kappa shape index (κ3) is 10.3. The lowest BCUT2D eigenvalue weighted by Gasteiger charge is -2.29. The minimum absolute atomic E-state index is 0.0554. The molecule has 2 fully saturated rings. The quantitative estimate of drug-likeness (QED) is 0.168. The van der Waals surface area contributed by atoms with Gasteiger partial charge in [-0.15, -0.1) is 10.2 Å². The van der Waals surface area contributed by atoms with Crippen molar-refractivity contribution in [3.8, 4) is 22.5 Å². The number of alkyl carbamates (subject to hydrolysis) is 1. The van der Waals surface area contributed by atoms with Crippen LogP contribution in [0.15, 0.2) is 72.8 Å². The molecule has 2 aliphatic rings. The number of morpholine rings is 1. The maximum atomic E-state index is 13.8. The van der Waals surface area contributed by atoms with E-state index in [0.717, 1.165) is 40.8 Å². The summed E-state index contributed by atoms with van der Waals surface area (Å²) in [5, 5.41) is 22.9. The van der Waals surface area contributed by atoms with Crippen LogP contribution in [0.4, 0.5) is 16.2 Å². The van der Waals surface area contributed by atoms with Gasteiger partial charge in [-0.3, -0.25) is 14.4 Å². The van der Waals surface area contributed by atoms with Crippen LogP contribution in [-0.4, -0.2) is 82.4 Å². The lowest BCUT2D eigenvalue weighted by molar-refractivity contribution is -0.130. The number of tetrazole rings is 1. The first-order chi connectivity index (χ1) is 25.5. The third-order valence-electron chi connectivity index (χ3n) is 9.43. The van der Waals surface area contributed by atoms with Gasteiger partial charge in [-0.05, 0) is 111 Å². The first-order valence-electron chi connectivity index (χ1n) is 18.0. The Labute approximate surface area is 308 Å². The lowest BCUT2D eigenvalue weighted by Crippen LogP contribution is -2.48. The summed E-state index contributed by atoms with van der Waals surface area (Å²) in [6.07, 6.45) is 2.72. The minimum Gasteiger partial charge on any atom is -0.444 e. The molecule has 1 saturated carbocycles. The molecule has 2 heterocycles. The van der Waals surface area contributed by atoms with Crippen molar-refractivity contribution in [1.82, 2.24) is 31.3 Å². The van der Waals surface area contributed by atoms with E-state index in [1.807, 2.05) is 69.3 Å². The number of rotatable bonds is 11. The molecular weight excluding hydrogens is 676 g/mol. The van der Waals surface area contributed by atoms with Crippen molar-refractivity contribution in [2.45, 2.75) is 64.5 Å². The predicted molar refractivity (Wildman–Crippen MR) is 199 cm³/mol. The molecule has 14 nitrogen and oxygen atoms in total. The monoisotopic (exact) mass is 722 g/mol. The fourth-order valence-corrected chi connectivity index (χ4v) is 6.58. The number of hydrogen-bond donors (Lipinski definition) is 4. The van der Waals surface area contributed by atoms with Gasteiger partial charge in [0.1, 0.15) is 18.2 Å². The number of amides is 4. The molecule has 53 heavy (non-hydrogen) atoms. The highest BCUT2D eigenvalue weighted by Crippen LogP contribution is 2.29. The molecule has 1 atom stereocenters. The van der Waals surface area contributed by atoms with E-state index in [1.165, 1.54) is 0 Å². The number of carbonyl (C=O) groups excluding carboxylic acids is 4. The number of ether oxygens (including phenoxy) is 2. The molecular formula is C39H46N8O6. The fraction of sp³-hybridized carbons (Fsp3) is 0.410. The molecule has 1 aromatic heterocycles. The summed E-state index contributed by atoms with van der Waals surface area (Å²) in [5.41, 5.74) is 4.43. The van der Waals surface area contributed by atoms with Gasteiger partial charge in [-0.2, -0.15) is 5.21 Å². The van der Waals surface area contributed by atoms with Crippen LogP contribution in [0, 0.1) is 11.8 Å². The molecule has 0 bridgehead atoms. The van der Waals surface area contributed by atoms with Gasteiger partial charge in [0.05, 0.1) is 6.61 Å². The van der Waals surface area contributed by atoms with Crippen LogP contribution in [0.5, 0.6) is 0 Å². The Morgan fingerprint density at radius 2 is 1.58 bits per heavy atom. The van der Waals surface area contributed by atoms with Crippen molar-refractivity contribution >= 4 is 35.2 Å². The molecule has 0 spiro atoms. The average Bonchev–Trinajstić information content (AvgIpc) is 3.70. The number of benzene rings is 3. The smallest absolute Gasteiger partial charge is 0.407 e. The first-order valence-corrected chi connectivity index (χ1v) is 18.0. The molecule has 6 rings (SSSR count). The maximum Gasteiger partial charge on any atom is 0.407 e. The van der Waals surface area contributed by atoms with E-state index in [2.05, 4.69) is 36.6 Å². The van der Waals surface area contributed by atoms with E-state index in [-0.39, 0.29) is 42.6 Å². The number of nitrogens with zero attached hydrogens (tertiary/aromatic N) is 4. The van der Waals surface area contributed by atoms with Gasteiger partial charge < -0.3 is 30.3 Å². The zero-order chi connectivity index (χ0) is 37.4. The summed E-state index contributed by atoms with van der Waals surface area (Å²) in [5.74, 6) is -0.104. The number of aromatic nitrogens is 4. The average molecular weight is 723 g/mol. The highest BCUT2D eigenvalue weighted by atomic mass is 16.6. The third-order valence-corrected chi connectivity index (χ3v) is 9.43. The van der Waals surface area contributed by atoms with Gasteiger partial charge >= 0.3 is 6.09 Å². The van der Waals surface area contributed by atoms with Crippen molar-refractivity contribution in [3.63, 3.8) is 0 Å². The maximum absolute atomic E-state index is 13.8. The molecule has 3 aromatic carbocycles. The minimum atomic E-state index is -0.831. The number of H-pyrrole nitrogens is 1. The van der Waals surface area contributed by atoms with Crippen molar-refractivity contribution < 1.29 is 28.7 Å². The second-order valence-electron chi connectivity index (χ2n) is 14.5. The molecule has 4 N–H and O–H groups in total. The lowest BCUT2D eigenvalue weighted by atomic mass is 9.81. The summed E-state index contributed by atoms with van der Waals surface area (Å²) < 4.78 is 10.6. The Hall–Kier alpha value is -5.63. The summed E-state index contributed by atoms with van der Waals surface area (Å²) in [7, 11) is 0. The standard InChI is InChI=1S/C39H46N8O6/c1-39(2,3)53-38(51)40-23-26-6-10-30(11-7-26)36(49)42-33(37(50)41-31-16-12-29(13-17-31)35-43-45-46-44-35)22-25-4-8-27(9-5-25)28-14-18-32(19-15-28)47-20-21-52-24-34(47)48/h4-5,8-9,12-19,26,30,33H,6-7,10-11,20-24H2,1-3H3,(H,40,51)(H,41,50)(H,42,49)(H,43,44,45,46)/t26?,30?,33-/m0/s1. The summed E-state index contributed by atoms with van der Waals surface area (Å²) in [6, 6.07) is 22.0. The van der Waals surface area contributed by atoms with Crippen molar-refractivity contribution in [2.75, 3.05) is 36.5 Å². The summed E-state index contributed by atoms with van der Waals surface area (Å²) >= 11 is 0. The van der Waals surface area contributed by atoms with Crippen LogP contribution in [0.25, 0.3) is 22.5 Å². The zero-order valence-corrected chi connectivity index (χ0v) is 30.3. The van der Waals surface area contributed by atoms with Gasteiger partial charge in [-0.1, -0.05) is 36.4 Å². The highest BCUT2D eigenvalue weighted by molar-refractivity contribution is 5.98. The molecule has 278 valence electrons. The SMILES string of the molecule is CC(C)(C)OC(=O)NCC1CCC(C(=O)N[C@@H](Cc2ccc(-c3ccc(N4CCOCC4=O)cc3)cc2)C(=O)Nc2ccc(-c3nn[nH]n3)cc2)CC1. The van der Waals surface area contributed by atoms with E-state index >= 15 is 0 Å². The fourth-order valence-electron chi connectivity index (χ4n) is 6.58.